The number of rotatable bonds is 3. The van der Waals surface area contributed by atoms with Gasteiger partial charge in [-0.1, -0.05) is 24.3 Å². The van der Waals surface area contributed by atoms with Crippen molar-refractivity contribution in [2.45, 2.75) is 44.6 Å². The van der Waals surface area contributed by atoms with Crippen LogP contribution in [0, 0.1) is 0 Å². The summed E-state index contributed by atoms with van der Waals surface area (Å²) in [7, 11) is 0. The first-order chi connectivity index (χ1) is 9.84. The summed E-state index contributed by atoms with van der Waals surface area (Å²) in [6, 6.07) is 8.64. The summed E-state index contributed by atoms with van der Waals surface area (Å²) in [4.78, 5) is 14.3. The van der Waals surface area contributed by atoms with E-state index in [0.29, 0.717) is 18.2 Å². The summed E-state index contributed by atoms with van der Waals surface area (Å²) in [5.74, 6) is 0.849. The molecule has 0 saturated carbocycles. The van der Waals surface area contributed by atoms with Crippen molar-refractivity contribution in [1.82, 2.24) is 10.2 Å². The zero-order valence-corrected chi connectivity index (χ0v) is 12.1. The third kappa shape index (κ3) is 3.04. The second-order valence-electron chi connectivity index (χ2n) is 6.01. The van der Waals surface area contributed by atoms with Crippen LogP contribution in [0.2, 0.25) is 0 Å². The first kappa shape index (κ1) is 13.6. The predicted octanol–water partition coefficient (Wildman–Crippen LogP) is 2.67. The first-order valence-corrected chi connectivity index (χ1v) is 7.91. The van der Waals surface area contributed by atoms with Gasteiger partial charge in [-0.25, -0.2) is 0 Å². The van der Waals surface area contributed by atoms with E-state index in [1.807, 2.05) is 0 Å². The van der Waals surface area contributed by atoms with Crippen molar-refractivity contribution in [3.05, 3.63) is 35.4 Å². The van der Waals surface area contributed by atoms with Crippen LogP contribution >= 0.6 is 0 Å². The minimum atomic E-state index is 0.354. The highest BCUT2D eigenvalue weighted by molar-refractivity contribution is 5.76. The number of benzene rings is 1. The van der Waals surface area contributed by atoms with Crippen LogP contribution in [0.15, 0.2) is 24.3 Å². The van der Waals surface area contributed by atoms with Crippen LogP contribution in [0.5, 0.6) is 0 Å². The molecule has 0 radical (unpaired) electrons. The molecule has 1 atom stereocenters. The van der Waals surface area contributed by atoms with Crippen LogP contribution in [0.4, 0.5) is 0 Å². The number of nitrogens with zero attached hydrogens (tertiary/aromatic N) is 1. The molecule has 2 aliphatic rings. The van der Waals surface area contributed by atoms with Crippen LogP contribution in [0.1, 0.15) is 49.1 Å². The van der Waals surface area contributed by atoms with Gasteiger partial charge in [0.2, 0.25) is 5.91 Å². The van der Waals surface area contributed by atoms with Crippen LogP contribution in [-0.2, 0) is 11.3 Å². The van der Waals surface area contributed by atoms with Gasteiger partial charge in [0.05, 0.1) is 0 Å². The largest absolute Gasteiger partial charge is 0.343 e. The summed E-state index contributed by atoms with van der Waals surface area (Å²) < 4.78 is 0. The highest BCUT2D eigenvalue weighted by Crippen LogP contribution is 2.28. The van der Waals surface area contributed by atoms with Crippen LogP contribution in [-0.4, -0.2) is 30.4 Å². The van der Waals surface area contributed by atoms with Gasteiger partial charge < -0.3 is 10.2 Å². The number of amides is 1. The van der Waals surface area contributed by atoms with Crippen LogP contribution in [0.3, 0.4) is 0 Å². The van der Waals surface area contributed by atoms with Gasteiger partial charge in [-0.05, 0) is 42.7 Å². The molecule has 3 rings (SSSR count). The molecule has 1 saturated heterocycles. The highest BCUT2D eigenvalue weighted by atomic mass is 16.2. The lowest BCUT2D eigenvalue weighted by atomic mass is 9.87. The molecule has 2 heterocycles. The van der Waals surface area contributed by atoms with Gasteiger partial charge in [-0.15, -0.1) is 0 Å². The maximum Gasteiger partial charge on any atom is 0.222 e. The molecule has 1 N–H and O–H groups in total. The quantitative estimate of drug-likeness (QED) is 0.917. The standard InChI is InChI=1S/C17H24N2O/c20-17(19-10-4-1-5-11-19)9-8-15-13-18-12-14-6-2-3-7-16(14)15/h2-3,6-7,15,18H,1,4-5,8-13H2. The second kappa shape index (κ2) is 6.40. The molecule has 20 heavy (non-hydrogen) atoms. The fourth-order valence-electron chi connectivity index (χ4n) is 3.44. The fourth-order valence-corrected chi connectivity index (χ4v) is 3.44. The Bertz CT molecular complexity index is 466. The van der Waals surface area contributed by atoms with Gasteiger partial charge in [0, 0.05) is 32.6 Å². The van der Waals surface area contributed by atoms with E-state index in [1.165, 1.54) is 30.4 Å². The lowest BCUT2D eigenvalue weighted by Gasteiger charge is -2.29. The molecule has 1 amide bonds. The molecule has 1 fully saturated rings. The van der Waals surface area contributed by atoms with Crippen LogP contribution < -0.4 is 5.32 Å². The third-order valence-electron chi connectivity index (χ3n) is 4.62. The Kier molecular flexibility index (Phi) is 4.36. The number of nitrogens with one attached hydrogen (secondary N) is 1. The molecule has 1 unspecified atom stereocenters. The van der Waals surface area contributed by atoms with Gasteiger partial charge in [-0.2, -0.15) is 0 Å². The topological polar surface area (TPSA) is 32.3 Å². The zero-order chi connectivity index (χ0) is 13.8. The van der Waals surface area contributed by atoms with Crippen molar-refractivity contribution < 1.29 is 4.79 Å². The van der Waals surface area contributed by atoms with Gasteiger partial charge in [0.1, 0.15) is 0 Å². The molecule has 108 valence electrons. The smallest absolute Gasteiger partial charge is 0.222 e. The Morgan fingerprint density at radius 3 is 2.85 bits per heavy atom. The first-order valence-electron chi connectivity index (χ1n) is 7.91. The molecule has 1 aromatic rings. The summed E-state index contributed by atoms with van der Waals surface area (Å²) >= 11 is 0. The normalized spacial score (nSPS) is 22.4. The third-order valence-corrected chi connectivity index (χ3v) is 4.62. The van der Waals surface area contributed by atoms with E-state index in [-0.39, 0.29) is 0 Å². The molecule has 0 spiro atoms. The average molecular weight is 272 g/mol. The Balaban J connectivity index is 1.57. The molecule has 0 bridgehead atoms. The number of carbonyl (C=O) groups is 1. The number of fused-ring (bicyclic) bond motifs is 1. The average Bonchev–Trinajstić information content (AvgIpc) is 2.53. The van der Waals surface area contributed by atoms with Gasteiger partial charge >= 0.3 is 0 Å². The summed E-state index contributed by atoms with van der Waals surface area (Å²) in [6.45, 7) is 3.91. The zero-order valence-electron chi connectivity index (χ0n) is 12.1. The number of carbonyl (C=O) groups excluding carboxylic acids is 1. The van der Waals surface area contributed by atoms with Crippen molar-refractivity contribution in [2.24, 2.45) is 0 Å². The highest BCUT2D eigenvalue weighted by Gasteiger charge is 2.22. The molecule has 0 aromatic heterocycles. The number of hydrogen-bond donors (Lipinski definition) is 1. The second-order valence-corrected chi connectivity index (χ2v) is 6.01. The molecular formula is C17H24N2O. The van der Waals surface area contributed by atoms with Crippen molar-refractivity contribution in [3.8, 4) is 0 Å². The van der Waals surface area contributed by atoms with E-state index in [0.717, 1.165) is 32.6 Å². The van der Waals surface area contributed by atoms with E-state index in [2.05, 4.69) is 34.5 Å². The summed E-state index contributed by atoms with van der Waals surface area (Å²) in [5, 5.41) is 3.47. The van der Waals surface area contributed by atoms with Gasteiger partial charge in [0.15, 0.2) is 0 Å². The molecule has 3 nitrogen and oxygen atoms in total. The summed E-state index contributed by atoms with van der Waals surface area (Å²) in [5.41, 5.74) is 2.84. The van der Waals surface area contributed by atoms with E-state index < -0.39 is 0 Å². The van der Waals surface area contributed by atoms with E-state index >= 15 is 0 Å². The maximum absolute atomic E-state index is 12.3. The molecule has 2 aliphatic heterocycles. The Hall–Kier alpha value is -1.35. The Morgan fingerprint density at radius 2 is 2.00 bits per heavy atom. The van der Waals surface area contributed by atoms with Crippen molar-refractivity contribution in [1.29, 1.82) is 0 Å². The van der Waals surface area contributed by atoms with E-state index in [9.17, 15) is 4.79 Å². The maximum atomic E-state index is 12.3. The van der Waals surface area contributed by atoms with Crippen molar-refractivity contribution in [2.75, 3.05) is 19.6 Å². The lowest BCUT2D eigenvalue weighted by Crippen LogP contribution is -2.36. The lowest BCUT2D eigenvalue weighted by molar-refractivity contribution is -0.132. The minimum absolute atomic E-state index is 0.354. The number of piperidine rings is 1. The van der Waals surface area contributed by atoms with E-state index in [1.54, 1.807) is 0 Å². The van der Waals surface area contributed by atoms with Crippen molar-refractivity contribution >= 4 is 5.91 Å². The monoisotopic (exact) mass is 272 g/mol. The molecular weight excluding hydrogens is 248 g/mol. The molecule has 0 aliphatic carbocycles. The van der Waals surface area contributed by atoms with Crippen LogP contribution in [0.25, 0.3) is 0 Å². The fraction of sp³-hybridized carbons (Fsp3) is 0.588. The minimum Gasteiger partial charge on any atom is -0.343 e. The van der Waals surface area contributed by atoms with E-state index in [4.69, 9.17) is 0 Å². The van der Waals surface area contributed by atoms with Gasteiger partial charge in [-0.3, -0.25) is 4.79 Å². The summed E-state index contributed by atoms with van der Waals surface area (Å²) in [6.07, 6.45) is 5.31. The molecule has 1 aromatic carbocycles. The number of likely N-dealkylation sites (tertiary alicyclic amines) is 1. The predicted molar refractivity (Wildman–Crippen MR) is 80.6 cm³/mol. The SMILES string of the molecule is O=C(CCC1CNCc2ccccc21)N1CCCCC1. The molecule has 3 heteroatoms. The van der Waals surface area contributed by atoms with Gasteiger partial charge in [0.25, 0.3) is 0 Å². The Morgan fingerprint density at radius 1 is 1.20 bits per heavy atom. The van der Waals surface area contributed by atoms with Crippen molar-refractivity contribution in [3.63, 3.8) is 0 Å². The number of hydrogen-bond acceptors (Lipinski definition) is 2. The Labute approximate surface area is 121 Å².